The molecule has 0 radical (unpaired) electrons. The molecule has 4 unspecified atom stereocenters. The number of aliphatic hydroxyl groups excluding tert-OH is 1. The van der Waals surface area contributed by atoms with Crippen molar-refractivity contribution in [1.29, 1.82) is 5.41 Å². The normalized spacial score (nSPS) is 30.5. The van der Waals surface area contributed by atoms with Crippen LogP contribution in [0.4, 0.5) is 4.39 Å². The molecule has 3 fully saturated rings. The average Bonchev–Trinajstić information content (AvgIpc) is 3.29. The summed E-state index contributed by atoms with van der Waals surface area (Å²) in [5, 5.41) is 22.3. The van der Waals surface area contributed by atoms with Crippen molar-refractivity contribution in [2.24, 2.45) is 4.99 Å². The number of fused-ring (bicyclic) bond motifs is 2. The minimum absolute atomic E-state index is 0.0192. The Hall–Kier alpha value is -2.75. The van der Waals surface area contributed by atoms with Crippen molar-refractivity contribution in [2.75, 3.05) is 19.6 Å². The topological polar surface area (TPSA) is 101 Å². The number of halogens is 2. The first kappa shape index (κ1) is 24.0. The van der Waals surface area contributed by atoms with Gasteiger partial charge >= 0.3 is 0 Å². The fourth-order valence-corrected chi connectivity index (χ4v) is 5.68. The van der Waals surface area contributed by atoms with Crippen LogP contribution in [0.1, 0.15) is 43.0 Å². The summed E-state index contributed by atoms with van der Waals surface area (Å²) in [7, 11) is 0. The number of rotatable bonds is 5. The molecule has 3 saturated heterocycles. The number of ether oxygens (including phenoxy) is 1. The highest BCUT2D eigenvalue weighted by molar-refractivity contribution is 6.39. The van der Waals surface area contributed by atoms with Crippen LogP contribution in [0, 0.1) is 11.2 Å². The third-order valence-corrected chi connectivity index (χ3v) is 7.35. The molecule has 0 aliphatic carbocycles. The van der Waals surface area contributed by atoms with Gasteiger partial charge in [0.25, 0.3) is 5.91 Å². The van der Waals surface area contributed by atoms with Gasteiger partial charge in [0.15, 0.2) is 0 Å². The molecule has 4 heterocycles. The summed E-state index contributed by atoms with van der Waals surface area (Å²) < 4.78 is 20.4. The molecule has 0 aromatic heterocycles. The summed E-state index contributed by atoms with van der Waals surface area (Å²) in [6.07, 6.45) is 5.54. The zero-order valence-corrected chi connectivity index (χ0v) is 20.3. The average molecular weight is 502 g/mol. The second-order valence-corrected chi connectivity index (χ2v) is 9.95. The predicted molar refractivity (Wildman–Crippen MR) is 131 cm³/mol. The molecule has 0 saturated carbocycles. The van der Waals surface area contributed by atoms with E-state index >= 15 is 0 Å². The van der Waals surface area contributed by atoms with E-state index in [0.717, 1.165) is 19.4 Å². The maximum atomic E-state index is 14.2. The molecule has 10 heteroatoms. The standard InChI is InChI=1S/C25H29ClFN5O3/c1-2-5-32-16-7-17(9-21(32)22(33)8-16)35-23-6-15(27)3-4-18(23)25(34)31-12-19(20(28)13-31)24-29-10-14(26)11-30-24/h3-4,6,10-11,16-17,21-22,28-29,33H,2,5,7-9,12-13H2,1H3/b24-19+,28-20?. The van der Waals surface area contributed by atoms with Gasteiger partial charge in [0.2, 0.25) is 0 Å². The van der Waals surface area contributed by atoms with Gasteiger partial charge in [-0.2, -0.15) is 0 Å². The van der Waals surface area contributed by atoms with Crippen molar-refractivity contribution >= 4 is 29.4 Å². The third kappa shape index (κ3) is 4.72. The lowest BCUT2D eigenvalue weighted by Crippen LogP contribution is -2.48. The van der Waals surface area contributed by atoms with Crippen LogP contribution in [0.3, 0.4) is 0 Å². The summed E-state index contributed by atoms with van der Waals surface area (Å²) in [6.45, 7) is 3.38. The number of nitrogens with zero attached hydrogens (tertiary/aromatic N) is 3. The van der Waals surface area contributed by atoms with Gasteiger partial charge < -0.3 is 25.5 Å². The van der Waals surface area contributed by atoms with Crippen LogP contribution in [-0.4, -0.2) is 76.7 Å². The minimum Gasteiger partial charge on any atom is -0.489 e. The Bertz CT molecular complexity index is 1140. The van der Waals surface area contributed by atoms with Crippen molar-refractivity contribution in [3.8, 4) is 5.75 Å². The number of allylic oxidation sites excluding steroid dienone is 1. The molecule has 1 amide bonds. The van der Waals surface area contributed by atoms with Gasteiger partial charge in [-0.05, 0) is 37.9 Å². The van der Waals surface area contributed by atoms with Crippen molar-refractivity contribution in [3.63, 3.8) is 0 Å². The molecule has 186 valence electrons. The van der Waals surface area contributed by atoms with E-state index in [1.165, 1.54) is 29.3 Å². The molecule has 35 heavy (non-hydrogen) atoms. The van der Waals surface area contributed by atoms with E-state index in [1.54, 1.807) is 6.20 Å². The Morgan fingerprint density at radius 1 is 1.34 bits per heavy atom. The summed E-state index contributed by atoms with van der Waals surface area (Å²) in [5.74, 6) is -0.128. The van der Waals surface area contributed by atoms with Crippen molar-refractivity contribution in [1.82, 2.24) is 15.1 Å². The largest absolute Gasteiger partial charge is 0.489 e. The first-order chi connectivity index (χ1) is 16.8. The van der Waals surface area contributed by atoms with Crippen LogP contribution in [0.15, 0.2) is 45.8 Å². The summed E-state index contributed by atoms with van der Waals surface area (Å²) >= 11 is 5.90. The molecule has 2 bridgehead atoms. The SMILES string of the molecule is CCCN1C2CC(Oc3cc(F)ccc3C(=O)N3CC(=N)/C(=C4/N=CC(Cl)=CN4)C3)CC1C(O)C2. The highest BCUT2D eigenvalue weighted by Crippen LogP contribution is 2.38. The number of aliphatic hydroxyl groups is 1. The number of likely N-dealkylation sites (tertiary alicyclic amines) is 1. The van der Waals surface area contributed by atoms with Crippen LogP contribution < -0.4 is 10.1 Å². The Labute approximate surface area is 208 Å². The third-order valence-electron chi connectivity index (χ3n) is 7.14. The Morgan fingerprint density at radius 2 is 2.17 bits per heavy atom. The van der Waals surface area contributed by atoms with Crippen molar-refractivity contribution < 1.29 is 19.0 Å². The van der Waals surface area contributed by atoms with Gasteiger partial charge in [-0.25, -0.2) is 9.38 Å². The van der Waals surface area contributed by atoms with Crippen molar-refractivity contribution in [2.45, 2.75) is 56.9 Å². The first-order valence-electron chi connectivity index (χ1n) is 12.0. The molecular weight excluding hydrogens is 473 g/mol. The van der Waals surface area contributed by atoms with Gasteiger partial charge in [-0.15, -0.1) is 0 Å². The molecule has 4 atom stereocenters. The lowest BCUT2D eigenvalue weighted by Gasteiger charge is -2.39. The summed E-state index contributed by atoms with van der Waals surface area (Å²) in [4.78, 5) is 21.6. The van der Waals surface area contributed by atoms with Gasteiger partial charge in [-0.1, -0.05) is 18.5 Å². The molecule has 4 aliphatic heterocycles. The number of hydrogen-bond donors (Lipinski definition) is 3. The highest BCUT2D eigenvalue weighted by Gasteiger charge is 2.46. The summed E-state index contributed by atoms with van der Waals surface area (Å²) in [5.41, 5.74) is 1.15. The van der Waals surface area contributed by atoms with Crippen LogP contribution in [0.25, 0.3) is 0 Å². The first-order valence-corrected chi connectivity index (χ1v) is 12.4. The fourth-order valence-electron chi connectivity index (χ4n) is 5.57. The number of carbonyl (C=O) groups excluding carboxylic acids is 1. The smallest absolute Gasteiger partial charge is 0.258 e. The molecule has 3 N–H and O–H groups in total. The maximum absolute atomic E-state index is 14.2. The summed E-state index contributed by atoms with van der Waals surface area (Å²) in [6, 6.07) is 4.19. The molecular formula is C25H29ClFN5O3. The van der Waals surface area contributed by atoms with Gasteiger partial charge in [-0.3, -0.25) is 9.69 Å². The van der Waals surface area contributed by atoms with Gasteiger partial charge in [0.05, 0.1) is 35.5 Å². The van der Waals surface area contributed by atoms with E-state index in [1.807, 2.05) is 0 Å². The molecule has 0 spiro atoms. The van der Waals surface area contributed by atoms with E-state index < -0.39 is 11.9 Å². The minimum atomic E-state index is -0.482. The molecule has 8 nitrogen and oxygen atoms in total. The van der Waals surface area contributed by atoms with Crippen LogP contribution >= 0.6 is 11.6 Å². The van der Waals surface area contributed by atoms with E-state index in [9.17, 15) is 14.3 Å². The Balaban J connectivity index is 1.33. The lowest BCUT2D eigenvalue weighted by atomic mass is 9.99. The van der Waals surface area contributed by atoms with E-state index in [4.69, 9.17) is 21.7 Å². The van der Waals surface area contributed by atoms with E-state index in [2.05, 4.69) is 22.1 Å². The second kappa shape index (κ2) is 9.72. The molecule has 5 rings (SSSR count). The van der Waals surface area contributed by atoms with Crippen molar-refractivity contribution in [3.05, 3.63) is 52.2 Å². The van der Waals surface area contributed by atoms with Gasteiger partial charge in [0.1, 0.15) is 23.5 Å². The number of hydrogen-bond acceptors (Lipinski definition) is 7. The van der Waals surface area contributed by atoms with Crippen LogP contribution in [-0.2, 0) is 0 Å². The van der Waals surface area contributed by atoms with Crippen LogP contribution in [0.2, 0.25) is 0 Å². The number of carbonyl (C=O) groups is 1. The number of piperidine rings is 1. The monoisotopic (exact) mass is 501 g/mol. The quantitative estimate of drug-likeness (QED) is 0.575. The van der Waals surface area contributed by atoms with E-state index in [0.29, 0.717) is 29.3 Å². The van der Waals surface area contributed by atoms with Crippen LogP contribution in [0.5, 0.6) is 5.75 Å². The fraction of sp³-hybridized carbons (Fsp3) is 0.480. The zero-order chi connectivity index (χ0) is 24.7. The maximum Gasteiger partial charge on any atom is 0.258 e. The lowest BCUT2D eigenvalue weighted by molar-refractivity contribution is 0.0248. The number of amides is 1. The number of aliphatic imine (C=N–C) groups is 1. The highest BCUT2D eigenvalue weighted by atomic mass is 35.5. The Kier molecular flexibility index (Phi) is 6.65. The number of nitrogens with one attached hydrogen (secondary N) is 2. The molecule has 1 aromatic rings. The number of benzene rings is 1. The predicted octanol–water partition coefficient (Wildman–Crippen LogP) is 3.02. The van der Waals surface area contributed by atoms with E-state index in [-0.39, 0.29) is 54.2 Å². The second-order valence-electron chi connectivity index (χ2n) is 9.51. The Morgan fingerprint density at radius 3 is 2.89 bits per heavy atom. The van der Waals surface area contributed by atoms with Gasteiger partial charge in [0, 0.05) is 42.6 Å². The molecule has 1 aromatic carbocycles. The zero-order valence-electron chi connectivity index (χ0n) is 19.5. The molecule has 4 aliphatic rings.